The minimum Gasteiger partial charge on any atom is -0.487 e. The Bertz CT molecular complexity index is 887. The predicted octanol–water partition coefficient (Wildman–Crippen LogP) is 4.42. The zero-order valence-electron chi connectivity index (χ0n) is 15.7. The average molecular weight is 422 g/mol. The zero-order valence-corrected chi connectivity index (χ0v) is 16.5. The van der Waals surface area contributed by atoms with Gasteiger partial charge in [-0.15, -0.1) is 11.8 Å². The van der Waals surface area contributed by atoms with Crippen molar-refractivity contribution in [2.24, 2.45) is 0 Å². The van der Waals surface area contributed by atoms with Crippen LogP contribution in [0.5, 0.6) is 5.75 Å². The van der Waals surface area contributed by atoms with Gasteiger partial charge in [0.05, 0.1) is 10.2 Å². The quantitative estimate of drug-likeness (QED) is 0.391. The highest BCUT2D eigenvalue weighted by Crippen LogP contribution is 2.28. The second-order valence-corrected chi connectivity index (χ2v) is 8.14. The number of rotatable bonds is 6. The Morgan fingerprint density at radius 2 is 1.86 bits per heavy atom. The molecule has 1 aliphatic heterocycles. The van der Waals surface area contributed by atoms with E-state index in [1.165, 1.54) is 30.0 Å². The average Bonchev–Trinajstić information content (AvgIpc) is 2.70. The molecule has 154 valence electrons. The minimum atomic E-state index is -0.739. The SMILES string of the molecule is CC(Sc1ccc([N+](=O)[O-])cc1)C(=O)N1CCC(Oc2ccc(F)cc2F)CC1. The molecule has 3 rings (SSSR count). The number of piperidine rings is 1. The molecule has 0 saturated carbocycles. The number of nitro groups is 1. The van der Waals surface area contributed by atoms with Crippen LogP contribution in [0.4, 0.5) is 14.5 Å². The van der Waals surface area contributed by atoms with Gasteiger partial charge < -0.3 is 9.64 Å². The summed E-state index contributed by atoms with van der Waals surface area (Å²) in [6, 6.07) is 9.28. The molecule has 1 aliphatic rings. The number of amides is 1. The van der Waals surface area contributed by atoms with Crippen LogP contribution in [-0.4, -0.2) is 40.2 Å². The summed E-state index contributed by atoms with van der Waals surface area (Å²) in [5, 5.41) is 10.4. The molecule has 0 aliphatic carbocycles. The maximum atomic E-state index is 13.7. The minimum absolute atomic E-state index is 0.00740. The standard InChI is InChI=1S/C20H20F2N2O4S/c1-13(29-17-5-3-15(4-6-17)24(26)27)20(25)23-10-8-16(9-11-23)28-19-7-2-14(21)12-18(19)22/h2-7,12-13,16H,8-11H2,1H3. The van der Waals surface area contributed by atoms with Crippen LogP contribution in [0.2, 0.25) is 0 Å². The summed E-state index contributed by atoms with van der Waals surface area (Å²) in [5.41, 5.74) is 0.00740. The molecule has 1 saturated heterocycles. The molecular weight excluding hydrogens is 402 g/mol. The van der Waals surface area contributed by atoms with Crippen molar-refractivity contribution in [3.05, 3.63) is 64.2 Å². The van der Waals surface area contributed by atoms with Crippen molar-refractivity contribution in [1.29, 1.82) is 0 Å². The Morgan fingerprint density at radius 1 is 1.21 bits per heavy atom. The smallest absolute Gasteiger partial charge is 0.269 e. The summed E-state index contributed by atoms with van der Waals surface area (Å²) in [5.74, 6) is -1.41. The van der Waals surface area contributed by atoms with Gasteiger partial charge in [0.25, 0.3) is 5.69 Å². The summed E-state index contributed by atoms with van der Waals surface area (Å²) < 4.78 is 32.3. The van der Waals surface area contributed by atoms with E-state index in [1.54, 1.807) is 24.0 Å². The van der Waals surface area contributed by atoms with Gasteiger partial charge in [-0.2, -0.15) is 0 Å². The van der Waals surface area contributed by atoms with E-state index >= 15 is 0 Å². The molecule has 29 heavy (non-hydrogen) atoms. The lowest BCUT2D eigenvalue weighted by atomic mass is 10.1. The zero-order chi connectivity index (χ0) is 21.0. The summed E-state index contributed by atoms with van der Waals surface area (Å²) in [6.45, 7) is 2.76. The lowest BCUT2D eigenvalue weighted by Crippen LogP contribution is -2.44. The lowest BCUT2D eigenvalue weighted by Gasteiger charge is -2.33. The highest BCUT2D eigenvalue weighted by Gasteiger charge is 2.28. The number of benzene rings is 2. The molecule has 0 radical (unpaired) electrons. The highest BCUT2D eigenvalue weighted by molar-refractivity contribution is 8.00. The highest BCUT2D eigenvalue weighted by atomic mass is 32.2. The van der Waals surface area contributed by atoms with E-state index in [0.717, 1.165) is 17.0 Å². The van der Waals surface area contributed by atoms with E-state index in [4.69, 9.17) is 4.74 Å². The van der Waals surface area contributed by atoms with Crippen LogP contribution in [0.3, 0.4) is 0 Å². The number of thioether (sulfide) groups is 1. The van der Waals surface area contributed by atoms with Crippen molar-refractivity contribution >= 4 is 23.4 Å². The lowest BCUT2D eigenvalue weighted by molar-refractivity contribution is -0.384. The van der Waals surface area contributed by atoms with Crippen LogP contribution in [0.1, 0.15) is 19.8 Å². The molecule has 2 aromatic rings. The third-order valence-electron chi connectivity index (χ3n) is 4.65. The Balaban J connectivity index is 1.50. The first-order chi connectivity index (χ1) is 13.8. The fourth-order valence-electron chi connectivity index (χ4n) is 3.10. The molecule has 0 N–H and O–H groups in total. The molecule has 1 heterocycles. The second-order valence-electron chi connectivity index (χ2n) is 6.73. The maximum absolute atomic E-state index is 13.7. The van der Waals surface area contributed by atoms with Crippen molar-refractivity contribution in [2.75, 3.05) is 13.1 Å². The number of likely N-dealkylation sites (tertiary alicyclic amines) is 1. The van der Waals surface area contributed by atoms with Gasteiger partial charge in [0.1, 0.15) is 11.9 Å². The van der Waals surface area contributed by atoms with E-state index in [2.05, 4.69) is 0 Å². The molecule has 6 nitrogen and oxygen atoms in total. The van der Waals surface area contributed by atoms with Crippen LogP contribution in [0.25, 0.3) is 0 Å². The first kappa shape index (κ1) is 21.0. The summed E-state index contributed by atoms with van der Waals surface area (Å²) >= 11 is 1.34. The number of non-ortho nitro benzene ring substituents is 1. The van der Waals surface area contributed by atoms with Crippen LogP contribution in [-0.2, 0) is 4.79 Å². The molecule has 1 unspecified atom stereocenters. The topological polar surface area (TPSA) is 72.7 Å². The molecular formula is C20H20F2N2O4S. The first-order valence-electron chi connectivity index (χ1n) is 9.15. The van der Waals surface area contributed by atoms with Crippen LogP contribution >= 0.6 is 11.8 Å². The molecule has 2 aromatic carbocycles. The number of hydrogen-bond donors (Lipinski definition) is 0. The van der Waals surface area contributed by atoms with Gasteiger partial charge in [-0.3, -0.25) is 14.9 Å². The van der Waals surface area contributed by atoms with Gasteiger partial charge >= 0.3 is 0 Å². The molecule has 1 atom stereocenters. The number of nitrogens with zero attached hydrogens (tertiary/aromatic N) is 2. The van der Waals surface area contributed by atoms with E-state index in [1.807, 2.05) is 0 Å². The van der Waals surface area contributed by atoms with Crippen LogP contribution in [0, 0.1) is 21.7 Å². The summed E-state index contributed by atoms with van der Waals surface area (Å²) in [7, 11) is 0. The largest absolute Gasteiger partial charge is 0.487 e. The van der Waals surface area contributed by atoms with E-state index < -0.39 is 16.6 Å². The Hall–Kier alpha value is -2.68. The molecule has 1 amide bonds. The third-order valence-corrected chi connectivity index (χ3v) is 5.75. The fourth-order valence-corrected chi connectivity index (χ4v) is 4.05. The van der Waals surface area contributed by atoms with E-state index in [-0.39, 0.29) is 28.7 Å². The number of hydrogen-bond acceptors (Lipinski definition) is 5. The van der Waals surface area contributed by atoms with Crippen molar-refractivity contribution < 1.29 is 23.2 Å². The van der Waals surface area contributed by atoms with Crippen molar-refractivity contribution in [3.63, 3.8) is 0 Å². The van der Waals surface area contributed by atoms with Gasteiger partial charge in [-0.1, -0.05) is 0 Å². The number of carbonyl (C=O) groups is 1. The molecule has 9 heteroatoms. The first-order valence-corrected chi connectivity index (χ1v) is 10.0. The van der Waals surface area contributed by atoms with Gasteiger partial charge in [0.2, 0.25) is 5.91 Å². The molecule has 0 aromatic heterocycles. The third kappa shape index (κ3) is 5.44. The number of nitro benzene ring substituents is 1. The fraction of sp³-hybridized carbons (Fsp3) is 0.350. The summed E-state index contributed by atoms with van der Waals surface area (Å²) in [6.07, 6.45) is 0.867. The Labute approximate surface area is 171 Å². The molecule has 0 bridgehead atoms. The number of carbonyl (C=O) groups excluding carboxylic acids is 1. The van der Waals surface area contributed by atoms with Crippen LogP contribution < -0.4 is 4.74 Å². The monoisotopic (exact) mass is 422 g/mol. The normalized spacial score (nSPS) is 15.8. The van der Waals surface area contributed by atoms with Crippen molar-refractivity contribution in [1.82, 2.24) is 4.90 Å². The van der Waals surface area contributed by atoms with Gasteiger partial charge in [0.15, 0.2) is 11.6 Å². The maximum Gasteiger partial charge on any atom is 0.269 e. The second kappa shape index (κ2) is 9.21. The molecule has 0 spiro atoms. The summed E-state index contributed by atoms with van der Waals surface area (Å²) in [4.78, 5) is 25.5. The van der Waals surface area contributed by atoms with E-state index in [0.29, 0.717) is 25.9 Å². The number of ether oxygens (including phenoxy) is 1. The molecule has 1 fully saturated rings. The van der Waals surface area contributed by atoms with Gasteiger partial charge in [-0.25, -0.2) is 8.78 Å². The van der Waals surface area contributed by atoms with Crippen molar-refractivity contribution in [3.8, 4) is 5.75 Å². The van der Waals surface area contributed by atoms with E-state index in [9.17, 15) is 23.7 Å². The van der Waals surface area contributed by atoms with Gasteiger partial charge in [-0.05, 0) is 31.2 Å². The van der Waals surface area contributed by atoms with Crippen LogP contribution in [0.15, 0.2) is 47.4 Å². The Morgan fingerprint density at radius 3 is 2.45 bits per heavy atom. The predicted molar refractivity (Wildman–Crippen MR) is 105 cm³/mol. The van der Waals surface area contributed by atoms with Crippen molar-refractivity contribution in [2.45, 2.75) is 36.0 Å². The van der Waals surface area contributed by atoms with Gasteiger partial charge in [0, 0.05) is 49.0 Å². The Kier molecular flexibility index (Phi) is 6.68. The number of halogens is 2.